The van der Waals surface area contributed by atoms with Crippen molar-refractivity contribution in [3.8, 4) is 5.75 Å². The van der Waals surface area contributed by atoms with Crippen molar-refractivity contribution in [2.24, 2.45) is 5.92 Å². The van der Waals surface area contributed by atoms with Crippen LogP contribution in [-0.2, 0) is 9.53 Å². The number of amides is 4. The van der Waals surface area contributed by atoms with Gasteiger partial charge in [0.15, 0.2) is 0 Å². The molecule has 2 aromatic carbocycles. The molecule has 0 aromatic heterocycles. The Balaban J connectivity index is 1.95. The summed E-state index contributed by atoms with van der Waals surface area (Å²) in [5.41, 5.74) is 0.905. The average Bonchev–Trinajstić information content (AvgIpc) is 2.88. The monoisotopic (exact) mass is 514 g/mol. The molecule has 0 bridgehead atoms. The summed E-state index contributed by atoms with van der Waals surface area (Å²) in [5.74, 6) is -0.820. The van der Waals surface area contributed by atoms with Crippen molar-refractivity contribution < 1.29 is 28.2 Å². The quantitative estimate of drug-likeness (QED) is 0.637. The van der Waals surface area contributed by atoms with Gasteiger partial charge in [-0.2, -0.15) is 0 Å². The Kier molecular flexibility index (Phi) is 9.46. The molecule has 37 heavy (non-hydrogen) atoms. The molecule has 1 aliphatic heterocycles. The van der Waals surface area contributed by atoms with E-state index < -0.39 is 17.9 Å². The molecule has 200 valence electrons. The van der Waals surface area contributed by atoms with Gasteiger partial charge in [-0.05, 0) is 31.2 Å². The van der Waals surface area contributed by atoms with E-state index in [4.69, 9.17) is 9.47 Å². The highest BCUT2D eigenvalue weighted by molar-refractivity contribution is 5.98. The number of carbonyl (C=O) groups is 3. The number of para-hydroxylation sites is 1. The van der Waals surface area contributed by atoms with Gasteiger partial charge >= 0.3 is 6.03 Å². The van der Waals surface area contributed by atoms with Gasteiger partial charge in [-0.15, -0.1) is 0 Å². The lowest BCUT2D eigenvalue weighted by Gasteiger charge is -2.36. The zero-order valence-corrected chi connectivity index (χ0v) is 21.9. The number of methoxy groups -OCH3 is 1. The number of anilines is 2. The predicted molar refractivity (Wildman–Crippen MR) is 139 cm³/mol. The molecule has 9 nitrogen and oxygen atoms in total. The number of nitrogens with one attached hydrogen (secondary N) is 2. The van der Waals surface area contributed by atoms with Crippen LogP contribution in [0.15, 0.2) is 42.5 Å². The largest absolute Gasteiger partial charge is 0.491 e. The van der Waals surface area contributed by atoms with Crippen LogP contribution in [0.1, 0.15) is 37.6 Å². The summed E-state index contributed by atoms with van der Waals surface area (Å²) in [4.78, 5) is 41.6. The number of halogens is 1. The minimum atomic E-state index is -0.535. The molecule has 2 N–H and O–H groups in total. The first-order valence-electron chi connectivity index (χ1n) is 12.3. The second kappa shape index (κ2) is 12.5. The normalized spacial score (nSPS) is 20.7. The smallest absolute Gasteiger partial charge is 0.322 e. The highest BCUT2D eigenvalue weighted by Crippen LogP contribution is 2.27. The first-order valence-corrected chi connectivity index (χ1v) is 12.3. The summed E-state index contributed by atoms with van der Waals surface area (Å²) >= 11 is 0. The number of nitrogens with zero attached hydrogens (tertiary/aromatic N) is 2. The van der Waals surface area contributed by atoms with Gasteiger partial charge in [0.05, 0.1) is 23.4 Å². The van der Waals surface area contributed by atoms with Crippen molar-refractivity contribution in [1.82, 2.24) is 9.80 Å². The highest BCUT2D eigenvalue weighted by Gasteiger charge is 2.30. The number of carbonyl (C=O) groups excluding carboxylic acids is 3. The third kappa shape index (κ3) is 6.97. The molecule has 1 heterocycles. The third-order valence-corrected chi connectivity index (χ3v) is 6.43. The molecule has 3 atom stereocenters. The van der Waals surface area contributed by atoms with Gasteiger partial charge in [0.2, 0.25) is 5.91 Å². The predicted octanol–water partition coefficient (Wildman–Crippen LogP) is 4.21. The summed E-state index contributed by atoms with van der Waals surface area (Å²) < 4.78 is 26.0. The van der Waals surface area contributed by atoms with Crippen molar-refractivity contribution in [3.05, 3.63) is 53.8 Å². The maximum absolute atomic E-state index is 14.2. The molecule has 0 unspecified atom stereocenters. The van der Waals surface area contributed by atoms with Crippen LogP contribution in [0.4, 0.5) is 20.6 Å². The van der Waals surface area contributed by atoms with Gasteiger partial charge in [0.25, 0.3) is 5.91 Å². The van der Waals surface area contributed by atoms with E-state index in [0.29, 0.717) is 17.7 Å². The summed E-state index contributed by atoms with van der Waals surface area (Å²) in [5, 5.41) is 5.42. The van der Waals surface area contributed by atoms with E-state index in [0.717, 1.165) is 0 Å². The summed E-state index contributed by atoms with van der Waals surface area (Å²) in [6, 6.07) is 9.92. The second-order valence-electron chi connectivity index (χ2n) is 9.27. The fourth-order valence-corrected chi connectivity index (χ4v) is 4.13. The molecule has 3 rings (SSSR count). The van der Waals surface area contributed by atoms with E-state index in [2.05, 4.69) is 10.6 Å². The Hall–Kier alpha value is -3.66. The van der Waals surface area contributed by atoms with Gasteiger partial charge < -0.3 is 29.9 Å². The molecule has 1 aliphatic rings. The molecular weight excluding hydrogens is 479 g/mol. The number of ether oxygens (including phenoxy) is 2. The Labute approximate surface area is 216 Å². The van der Waals surface area contributed by atoms with Crippen LogP contribution in [-0.4, -0.2) is 73.6 Å². The lowest BCUT2D eigenvalue weighted by Crippen LogP contribution is -2.50. The second-order valence-corrected chi connectivity index (χ2v) is 9.27. The van der Waals surface area contributed by atoms with Gasteiger partial charge in [-0.3, -0.25) is 9.59 Å². The third-order valence-electron chi connectivity index (χ3n) is 6.43. The highest BCUT2D eigenvalue weighted by atomic mass is 19.1. The van der Waals surface area contributed by atoms with Crippen LogP contribution < -0.4 is 15.4 Å². The van der Waals surface area contributed by atoms with Crippen LogP contribution in [0.2, 0.25) is 0 Å². The minimum Gasteiger partial charge on any atom is -0.491 e. The molecule has 0 spiro atoms. The van der Waals surface area contributed by atoms with E-state index in [1.54, 1.807) is 61.2 Å². The topological polar surface area (TPSA) is 100 Å². The van der Waals surface area contributed by atoms with Crippen LogP contribution in [0.25, 0.3) is 0 Å². The molecule has 10 heteroatoms. The number of hydrogen-bond donors (Lipinski definition) is 2. The number of likely N-dealkylation sites (N-methyl/N-ethyl adjacent to an activating group) is 1. The fourth-order valence-electron chi connectivity index (χ4n) is 4.13. The number of fused-ring (bicyclic) bond motifs is 1. The molecule has 0 radical (unpaired) electrons. The average molecular weight is 515 g/mol. The van der Waals surface area contributed by atoms with Gasteiger partial charge in [-0.25, -0.2) is 9.18 Å². The molecule has 2 aromatic rings. The van der Waals surface area contributed by atoms with Crippen molar-refractivity contribution in [2.75, 3.05) is 44.5 Å². The molecule has 0 aliphatic carbocycles. The first-order chi connectivity index (χ1) is 17.6. The number of hydrogen-bond acceptors (Lipinski definition) is 5. The van der Waals surface area contributed by atoms with E-state index in [1.807, 2.05) is 13.8 Å². The van der Waals surface area contributed by atoms with E-state index in [-0.39, 0.29) is 55.0 Å². The van der Waals surface area contributed by atoms with Crippen LogP contribution in [0.5, 0.6) is 5.75 Å². The Bertz CT molecular complexity index is 1130. The van der Waals surface area contributed by atoms with E-state index >= 15 is 0 Å². The Morgan fingerprint density at radius 3 is 2.54 bits per heavy atom. The summed E-state index contributed by atoms with van der Waals surface area (Å²) in [7, 11) is 3.24. The fraction of sp³-hybridized carbons (Fsp3) is 0.444. The molecule has 4 amide bonds. The van der Waals surface area contributed by atoms with Gasteiger partial charge in [0.1, 0.15) is 18.2 Å². The van der Waals surface area contributed by atoms with Crippen LogP contribution >= 0.6 is 0 Å². The molecular formula is C27H35FN4O5. The Morgan fingerprint density at radius 2 is 1.86 bits per heavy atom. The minimum absolute atomic E-state index is 0.0598. The lowest BCUT2D eigenvalue weighted by atomic mass is 10.0. The zero-order valence-electron chi connectivity index (χ0n) is 21.9. The summed E-state index contributed by atoms with van der Waals surface area (Å²) in [6.07, 6.45) is -0.0592. The molecule has 0 saturated carbocycles. The SMILES string of the molecule is CCC(=O)Nc1ccc2c(c1)OC[C@@H](C)N(C(=O)Nc1ccccc1F)C[C@@H](C)[C@H](OC)CN(C)C2=O. The van der Waals surface area contributed by atoms with E-state index in [9.17, 15) is 18.8 Å². The van der Waals surface area contributed by atoms with Crippen molar-refractivity contribution >= 4 is 29.2 Å². The van der Waals surface area contributed by atoms with Crippen molar-refractivity contribution in [1.29, 1.82) is 0 Å². The van der Waals surface area contributed by atoms with Crippen molar-refractivity contribution in [2.45, 2.75) is 39.3 Å². The number of rotatable bonds is 4. The summed E-state index contributed by atoms with van der Waals surface area (Å²) in [6.45, 7) is 6.12. The maximum Gasteiger partial charge on any atom is 0.322 e. The van der Waals surface area contributed by atoms with Crippen LogP contribution in [0.3, 0.4) is 0 Å². The lowest BCUT2D eigenvalue weighted by molar-refractivity contribution is -0.115. The van der Waals surface area contributed by atoms with Crippen LogP contribution in [0, 0.1) is 11.7 Å². The standard InChI is InChI=1S/C27H35FN4O5/c1-6-25(33)29-19-11-12-20-23(13-19)37-16-18(3)32(27(35)30-22-10-8-7-9-21(22)28)14-17(2)24(36-5)15-31(4)26(20)34/h7-13,17-18,24H,6,14-16H2,1-5H3,(H,29,33)(H,30,35)/t17-,18-,24-/m1/s1. The maximum atomic E-state index is 14.2. The number of benzene rings is 2. The van der Waals surface area contributed by atoms with E-state index in [1.165, 1.54) is 12.1 Å². The Morgan fingerprint density at radius 1 is 1.14 bits per heavy atom. The van der Waals surface area contributed by atoms with Gasteiger partial charge in [0, 0.05) is 51.3 Å². The van der Waals surface area contributed by atoms with Gasteiger partial charge in [-0.1, -0.05) is 26.0 Å². The number of urea groups is 1. The van der Waals surface area contributed by atoms with Crippen molar-refractivity contribution in [3.63, 3.8) is 0 Å². The zero-order chi connectivity index (χ0) is 27.1. The first kappa shape index (κ1) is 27.9. The molecule has 0 saturated heterocycles. The molecule has 0 fully saturated rings.